The molecule has 55 heavy (non-hydrogen) atoms. The second-order valence-corrected chi connectivity index (χ2v) is 14.8. The Morgan fingerprint density at radius 1 is 0.582 bits per heavy atom. The fourth-order valence-electron chi connectivity index (χ4n) is 6.25. The number of esters is 2. The molecule has 1 aliphatic rings. The van der Waals surface area contributed by atoms with Crippen LogP contribution in [0, 0.1) is 0 Å². The van der Waals surface area contributed by atoms with Gasteiger partial charge >= 0.3 is 11.9 Å². The summed E-state index contributed by atoms with van der Waals surface area (Å²) in [6.45, 7) is 3.27. The lowest BCUT2D eigenvalue weighted by atomic mass is 9.99. The second kappa shape index (κ2) is 36.0. The Balaban J connectivity index is 2.37. The number of ether oxygens (including phenoxy) is 4. The summed E-state index contributed by atoms with van der Waals surface area (Å²) in [5.74, 6) is -0.838. The number of unbranched alkanes of at least 4 members (excludes halogenated alkanes) is 16. The third-order valence-corrected chi connectivity index (χ3v) is 9.70. The van der Waals surface area contributed by atoms with Gasteiger partial charge in [-0.3, -0.25) is 9.59 Å². The zero-order valence-electron chi connectivity index (χ0n) is 34.4. The topological polar surface area (TPSA) is 152 Å². The molecule has 10 heteroatoms. The van der Waals surface area contributed by atoms with E-state index in [0.717, 1.165) is 89.9 Å². The standard InChI is InChI=1S/C45H78O10/c1-3-5-7-9-11-13-15-17-19-21-23-25-27-29-31-33-40(47)52-36-38(37-53-45-44(51)43(50)42(49)39(35-46)55-45)54-41(48)34-32-30-28-26-24-22-20-18-16-14-12-10-8-6-4-2/h5,7,11,13,17-20,38-39,42-46,49-51H,3-4,6,8-10,12,14-16,21-37H2,1-2H3/b7-5-,13-11-,19-17-,20-18-/t38?,39-,42+,43+,44-,45-/m1/s1. The van der Waals surface area contributed by atoms with E-state index in [9.17, 15) is 30.0 Å². The normalized spacial score (nSPS) is 21.0. The van der Waals surface area contributed by atoms with Crippen molar-refractivity contribution >= 4 is 11.9 Å². The molecule has 1 saturated heterocycles. The van der Waals surface area contributed by atoms with Crippen LogP contribution in [-0.4, -0.2) is 89.0 Å². The lowest BCUT2D eigenvalue weighted by Gasteiger charge is -2.39. The van der Waals surface area contributed by atoms with Crippen molar-refractivity contribution in [3.8, 4) is 0 Å². The molecular weight excluding hydrogens is 700 g/mol. The van der Waals surface area contributed by atoms with Gasteiger partial charge in [-0.25, -0.2) is 0 Å². The van der Waals surface area contributed by atoms with Crippen molar-refractivity contribution in [3.63, 3.8) is 0 Å². The van der Waals surface area contributed by atoms with Gasteiger partial charge in [0.1, 0.15) is 31.0 Å². The van der Waals surface area contributed by atoms with E-state index >= 15 is 0 Å². The zero-order valence-corrected chi connectivity index (χ0v) is 34.4. The molecule has 0 aliphatic carbocycles. The maximum absolute atomic E-state index is 12.7. The largest absolute Gasteiger partial charge is 0.462 e. The van der Waals surface area contributed by atoms with E-state index in [0.29, 0.717) is 12.8 Å². The predicted molar refractivity (Wildman–Crippen MR) is 219 cm³/mol. The molecule has 1 unspecified atom stereocenters. The van der Waals surface area contributed by atoms with E-state index < -0.39 is 55.4 Å². The zero-order chi connectivity index (χ0) is 40.2. The van der Waals surface area contributed by atoms with Gasteiger partial charge in [0.25, 0.3) is 0 Å². The highest BCUT2D eigenvalue weighted by atomic mass is 16.7. The summed E-state index contributed by atoms with van der Waals surface area (Å²) in [6.07, 6.45) is 34.0. The monoisotopic (exact) mass is 779 g/mol. The molecule has 1 heterocycles. The summed E-state index contributed by atoms with van der Waals surface area (Å²) in [4.78, 5) is 25.3. The average Bonchev–Trinajstić information content (AvgIpc) is 3.18. The summed E-state index contributed by atoms with van der Waals surface area (Å²) in [5.41, 5.74) is 0. The average molecular weight is 779 g/mol. The summed E-state index contributed by atoms with van der Waals surface area (Å²) in [5, 5.41) is 40.0. The van der Waals surface area contributed by atoms with Crippen LogP contribution in [0.25, 0.3) is 0 Å². The first-order chi connectivity index (χ1) is 26.8. The lowest BCUT2D eigenvalue weighted by Crippen LogP contribution is -2.59. The number of hydrogen-bond donors (Lipinski definition) is 4. The van der Waals surface area contributed by atoms with Crippen LogP contribution in [-0.2, 0) is 28.5 Å². The molecule has 0 aromatic rings. The van der Waals surface area contributed by atoms with Crippen molar-refractivity contribution in [1.29, 1.82) is 0 Å². The van der Waals surface area contributed by atoms with Crippen LogP contribution >= 0.6 is 0 Å². The minimum atomic E-state index is -1.60. The number of allylic oxidation sites excluding steroid dienone is 8. The van der Waals surface area contributed by atoms with Gasteiger partial charge in [0.05, 0.1) is 13.2 Å². The van der Waals surface area contributed by atoms with E-state index in [1.165, 1.54) is 38.5 Å². The Hall–Kier alpha value is -2.34. The highest BCUT2D eigenvalue weighted by molar-refractivity contribution is 5.70. The maximum Gasteiger partial charge on any atom is 0.306 e. The van der Waals surface area contributed by atoms with Gasteiger partial charge in [-0.1, -0.05) is 133 Å². The van der Waals surface area contributed by atoms with Gasteiger partial charge in [-0.2, -0.15) is 0 Å². The minimum Gasteiger partial charge on any atom is -0.462 e. The van der Waals surface area contributed by atoms with Gasteiger partial charge < -0.3 is 39.4 Å². The number of rotatable bonds is 35. The van der Waals surface area contributed by atoms with Crippen molar-refractivity contribution in [2.45, 2.75) is 205 Å². The summed E-state index contributed by atoms with van der Waals surface area (Å²) in [7, 11) is 0. The SMILES string of the molecule is CC/C=C\C/C=C\C/C=C\CCCCCCCC(=O)OCC(CO[C@@H]1O[C@H](CO)[C@H](O)[C@H](O)[C@H]1O)OC(=O)CCCCCCC/C=C\CCCCCCCC. The van der Waals surface area contributed by atoms with Crippen LogP contribution in [0.3, 0.4) is 0 Å². The van der Waals surface area contributed by atoms with Gasteiger partial charge in [0.15, 0.2) is 12.4 Å². The molecule has 1 rings (SSSR count). The Labute approximate surface area is 333 Å². The van der Waals surface area contributed by atoms with Gasteiger partial charge in [0.2, 0.25) is 0 Å². The molecule has 10 nitrogen and oxygen atoms in total. The Bertz CT molecular complexity index is 1040. The van der Waals surface area contributed by atoms with Gasteiger partial charge in [-0.05, 0) is 70.6 Å². The third-order valence-electron chi connectivity index (χ3n) is 9.70. The Morgan fingerprint density at radius 2 is 1.07 bits per heavy atom. The van der Waals surface area contributed by atoms with Crippen molar-refractivity contribution in [2.75, 3.05) is 19.8 Å². The molecule has 0 aromatic heterocycles. The van der Waals surface area contributed by atoms with E-state index in [1.807, 2.05) is 0 Å². The minimum absolute atomic E-state index is 0.215. The van der Waals surface area contributed by atoms with E-state index in [4.69, 9.17) is 18.9 Å². The van der Waals surface area contributed by atoms with Gasteiger partial charge in [-0.15, -0.1) is 0 Å². The number of aliphatic hydroxyl groups is 4. The molecule has 6 atom stereocenters. The molecule has 1 fully saturated rings. The number of carbonyl (C=O) groups excluding carboxylic acids is 2. The van der Waals surface area contributed by atoms with E-state index in [-0.39, 0.29) is 26.1 Å². The first-order valence-corrected chi connectivity index (χ1v) is 21.7. The highest BCUT2D eigenvalue weighted by Gasteiger charge is 2.44. The molecule has 318 valence electrons. The molecule has 0 bridgehead atoms. The smallest absolute Gasteiger partial charge is 0.306 e. The van der Waals surface area contributed by atoms with Crippen LogP contribution in [0.1, 0.15) is 168 Å². The fourth-order valence-corrected chi connectivity index (χ4v) is 6.25. The lowest BCUT2D eigenvalue weighted by molar-refractivity contribution is -0.305. The van der Waals surface area contributed by atoms with Crippen molar-refractivity contribution in [2.24, 2.45) is 0 Å². The molecule has 4 N–H and O–H groups in total. The van der Waals surface area contributed by atoms with Crippen molar-refractivity contribution in [3.05, 3.63) is 48.6 Å². The molecule has 1 aliphatic heterocycles. The third kappa shape index (κ3) is 27.8. The number of hydrogen-bond acceptors (Lipinski definition) is 10. The molecule has 0 amide bonds. The second-order valence-electron chi connectivity index (χ2n) is 14.8. The van der Waals surface area contributed by atoms with Crippen LogP contribution in [0.15, 0.2) is 48.6 Å². The summed E-state index contributed by atoms with van der Waals surface area (Å²) in [6, 6.07) is 0. The highest BCUT2D eigenvalue weighted by Crippen LogP contribution is 2.22. The summed E-state index contributed by atoms with van der Waals surface area (Å²) < 4.78 is 22.1. The van der Waals surface area contributed by atoms with Crippen LogP contribution in [0.2, 0.25) is 0 Å². The molecule has 0 aromatic carbocycles. The van der Waals surface area contributed by atoms with Crippen LogP contribution in [0.5, 0.6) is 0 Å². The first-order valence-electron chi connectivity index (χ1n) is 21.7. The quantitative estimate of drug-likeness (QED) is 0.0279. The fraction of sp³-hybridized carbons (Fsp3) is 0.778. The summed E-state index contributed by atoms with van der Waals surface area (Å²) >= 11 is 0. The van der Waals surface area contributed by atoms with Crippen molar-refractivity contribution in [1.82, 2.24) is 0 Å². The predicted octanol–water partition coefficient (Wildman–Crippen LogP) is 8.88. The number of carbonyl (C=O) groups is 2. The van der Waals surface area contributed by atoms with Crippen LogP contribution < -0.4 is 0 Å². The van der Waals surface area contributed by atoms with Crippen molar-refractivity contribution < 1.29 is 49.0 Å². The van der Waals surface area contributed by atoms with E-state index in [1.54, 1.807) is 0 Å². The maximum atomic E-state index is 12.7. The Kier molecular flexibility index (Phi) is 33.2. The Morgan fingerprint density at radius 3 is 1.64 bits per heavy atom. The molecular formula is C45H78O10. The first kappa shape index (κ1) is 50.7. The van der Waals surface area contributed by atoms with Crippen LogP contribution in [0.4, 0.5) is 0 Å². The molecule has 0 saturated carbocycles. The molecule has 0 radical (unpaired) electrons. The van der Waals surface area contributed by atoms with E-state index in [2.05, 4.69) is 62.5 Å². The number of aliphatic hydroxyl groups excluding tert-OH is 4. The van der Waals surface area contributed by atoms with Gasteiger partial charge in [0, 0.05) is 12.8 Å². The molecule has 0 spiro atoms.